The lowest BCUT2D eigenvalue weighted by molar-refractivity contribution is -0.116. The summed E-state index contributed by atoms with van der Waals surface area (Å²) in [5.41, 5.74) is 1.67. The number of para-hydroxylation sites is 1. The van der Waals surface area contributed by atoms with Crippen LogP contribution in [-0.4, -0.2) is 18.4 Å². The first kappa shape index (κ1) is 20.8. The minimum absolute atomic E-state index is 0.0171. The number of furan rings is 1. The van der Waals surface area contributed by atoms with E-state index in [9.17, 15) is 18.4 Å². The fourth-order valence-electron chi connectivity index (χ4n) is 2.59. The molecule has 0 radical (unpaired) electrons. The highest BCUT2D eigenvalue weighted by molar-refractivity contribution is 6.02. The van der Waals surface area contributed by atoms with Crippen LogP contribution >= 0.6 is 0 Å². The minimum atomic E-state index is -2.95. The van der Waals surface area contributed by atoms with Gasteiger partial charge in [-0.1, -0.05) is 30.3 Å². The summed E-state index contributed by atoms with van der Waals surface area (Å²) < 4.78 is 34.3. The van der Waals surface area contributed by atoms with Gasteiger partial charge >= 0.3 is 6.61 Å². The first-order valence-electron chi connectivity index (χ1n) is 8.95. The number of hydrogen-bond donors (Lipinski definition) is 2. The maximum Gasteiger partial charge on any atom is 0.387 e. The van der Waals surface area contributed by atoms with Gasteiger partial charge in [0.25, 0.3) is 5.91 Å². The van der Waals surface area contributed by atoms with Crippen molar-refractivity contribution < 1.29 is 27.5 Å². The molecule has 0 fully saturated rings. The number of anilines is 1. The summed E-state index contributed by atoms with van der Waals surface area (Å²) in [5, 5.41) is 5.40. The lowest BCUT2D eigenvalue weighted by Crippen LogP contribution is -2.20. The molecular formula is C22H18F2N2O4. The highest BCUT2D eigenvalue weighted by Crippen LogP contribution is 2.21. The van der Waals surface area contributed by atoms with Gasteiger partial charge in [-0.3, -0.25) is 9.59 Å². The van der Waals surface area contributed by atoms with Crippen LogP contribution in [0.5, 0.6) is 5.75 Å². The van der Waals surface area contributed by atoms with Crippen LogP contribution in [0, 0.1) is 0 Å². The monoisotopic (exact) mass is 412 g/mol. The molecule has 8 heteroatoms. The average molecular weight is 412 g/mol. The number of halogens is 2. The average Bonchev–Trinajstić information content (AvgIpc) is 3.27. The minimum Gasteiger partial charge on any atom is -0.459 e. The van der Waals surface area contributed by atoms with Crippen molar-refractivity contribution in [3.05, 3.63) is 89.9 Å². The first-order chi connectivity index (χ1) is 14.5. The Hall–Kier alpha value is -3.94. The van der Waals surface area contributed by atoms with Crippen molar-refractivity contribution in [2.24, 2.45) is 0 Å². The highest BCUT2D eigenvalue weighted by Gasteiger charge is 2.09. The van der Waals surface area contributed by atoms with Crippen molar-refractivity contribution in [3.63, 3.8) is 0 Å². The van der Waals surface area contributed by atoms with Gasteiger partial charge in [-0.2, -0.15) is 8.78 Å². The summed E-state index contributed by atoms with van der Waals surface area (Å²) >= 11 is 0. The molecule has 0 saturated carbocycles. The lowest BCUT2D eigenvalue weighted by Gasteiger charge is -2.08. The Kier molecular flexibility index (Phi) is 6.94. The molecule has 0 atom stereocenters. The van der Waals surface area contributed by atoms with Gasteiger partial charge in [0.05, 0.1) is 6.26 Å². The zero-order valence-electron chi connectivity index (χ0n) is 15.7. The van der Waals surface area contributed by atoms with Crippen LogP contribution in [0.4, 0.5) is 14.5 Å². The van der Waals surface area contributed by atoms with Crippen LogP contribution in [0.1, 0.15) is 21.7 Å². The van der Waals surface area contributed by atoms with E-state index in [-0.39, 0.29) is 24.0 Å². The Balaban J connectivity index is 1.56. The number of benzene rings is 2. The van der Waals surface area contributed by atoms with Crippen molar-refractivity contribution in [2.45, 2.75) is 13.2 Å². The number of carbonyl (C=O) groups excluding carboxylic acids is 2. The van der Waals surface area contributed by atoms with Crippen LogP contribution in [0.25, 0.3) is 6.08 Å². The van der Waals surface area contributed by atoms with E-state index in [1.165, 1.54) is 24.5 Å². The molecule has 1 heterocycles. The Morgan fingerprint density at radius 2 is 1.90 bits per heavy atom. The molecule has 0 saturated heterocycles. The van der Waals surface area contributed by atoms with Gasteiger partial charge in [0.15, 0.2) is 5.76 Å². The van der Waals surface area contributed by atoms with Gasteiger partial charge in [0.1, 0.15) is 5.75 Å². The van der Waals surface area contributed by atoms with Gasteiger partial charge in [-0.05, 0) is 42.0 Å². The normalized spacial score (nSPS) is 10.9. The van der Waals surface area contributed by atoms with Crippen molar-refractivity contribution in [2.75, 3.05) is 5.32 Å². The van der Waals surface area contributed by atoms with E-state index in [1.807, 2.05) is 0 Å². The second-order valence-electron chi connectivity index (χ2n) is 6.10. The molecule has 0 spiro atoms. The molecule has 30 heavy (non-hydrogen) atoms. The van der Waals surface area contributed by atoms with Crippen LogP contribution in [0.15, 0.2) is 77.4 Å². The van der Waals surface area contributed by atoms with Crippen LogP contribution in [0.2, 0.25) is 0 Å². The third-order valence-corrected chi connectivity index (χ3v) is 3.95. The summed E-state index contributed by atoms with van der Waals surface area (Å²) in [7, 11) is 0. The zero-order valence-corrected chi connectivity index (χ0v) is 15.7. The van der Waals surface area contributed by atoms with Crippen molar-refractivity contribution >= 4 is 23.6 Å². The Labute approximate surface area is 171 Å². The Morgan fingerprint density at radius 3 is 2.67 bits per heavy atom. The van der Waals surface area contributed by atoms with E-state index < -0.39 is 12.5 Å². The molecule has 3 rings (SSSR count). The molecule has 0 aliphatic rings. The predicted molar refractivity (Wildman–Crippen MR) is 107 cm³/mol. The van der Waals surface area contributed by atoms with E-state index in [0.717, 1.165) is 5.56 Å². The van der Waals surface area contributed by atoms with Gasteiger partial charge in [0.2, 0.25) is 5.91 Å². The maximum absolute atomic E-state index is 12.4. The van der Waals surface area contributed by atoms with Crippen molar-refractivity contribution in [1.29, 1.82) is 0 Å². The van der Waals surface area contributed by atoms with Crippen molar-refractivity contribution in [1.82, 2.24) is 5.32 Å². The smallest absolute Gasteiger partial charge is 0.387 e. The number of hydrogen-bond acceptors (Lipinski definition) is 4. The Morgan fingerprint density at radius 1 is 1.07 bits per heavy atom. The summed E-state index contributed by atoms with van der Waals surface area (Å²) in [4.78, 5) is 24.1. The molecule has 2 aromatic carbocycles. The van der Waals surface area contributed by atoms with Gasteiger partial charge in [0, 0.05) is 23.9 Å². The molecular weight excluding hydrogens is 394 g/mol. The largest absolute Gasteiger partial charge is 0.459 e. The third-order valence-electron chi connectivity index (χ3n) is 3.95. The van der Waals surface area contributed by atoms with E-state index in [1.54, 1.807) is 54.6 Å². The number of amides is 2. The summed E-state index contributed by atoms with van der Waals surface area (Å²) in [6.07, 6.45) is 4.04. The molecule has 0 aliphatic heterocycles. The van der Waals surface area contributed by atoms with Crippen molar-refractivity contribution in [3.8, 4) is 5.75 Å². The maximum atomic E-state index is 12.4. The topological polar surface area (TPSA) is 80.6 Å². The van der Waals surface area contributed by atoms with Crippen LogP contribution < -0.4 is 15.4 Å². The molecule has 1 aromatic heterocycles. The summed E-state index contributed by atoms with van der Waals surface area (Å²) in [5.74, 6) is -0.618. The van der Waals surface area contributed by atoms with E-state index in [4.69, 9.17) is 4.42 Å². The molecule has 2 N–H and O–H groups in total. The van der Waals surface area contributed by atoms with E-state index >= 15 is 0 Å². The third kappa shape index (κ3) is 6.03. The SMILES string of the molecule is O=C(/C=C/c1ccccc1OC(F)F)NCc1cccc(NC(=O)c2ccco2)c1. The standard InChI is InChI=1S/C22H18F2N2O4/c23-22(24)30-18-8-2-1-6-16(18)10-11-20(27)25-14-15-5-3-7-17(13-15)26-21(28)19-9-4-12-29-19/h1-13,22H,14H2,(H,25,27)(H,26,28)/b11-10+. The molecule has 6 nitrogen and oxygen atoms in total. The zero-order chi connectivity index (χ0) is 21.3. The number of ether oxygens (including phenoxy) is 1. The summed E-state index contributed by atoms with van der Waals surface area (Å²) in [6.45, 7) is -2.74. The molecule has 0 unspecified atom stereocenters. The van der Waals surface area contributed by atoms with Gasteiger partial charge < -0.3 is 19.8 Å². The number of alkyl halides is 2. The quantitative estimate of drug-likeness (QED) is 0.535. The molecule has 3 aromatic rings. The van der Waals surface area contributed by atoms with Gasteiger partial charge in [-0.25, -0.2) is 0 Å². The van der Waals surface area contributed by atoms with Gasteiger partial charge in [-0.15, -0.1) is 0 Å². The lowest BCUT2D eigenvalue weighted by atomic mass is 10.2. The molecule has 0 aliphatic carbocycles. The number of nitrogens with one attached hydrogen (secondary N) is 2. The number of carbonyl (C=O) groups is 2. The Bertz CT molecular complexity index is 1030. The predicted octanol–water partition coefficient (Wildman–Crippen LogP) is 4.46. The molecule has 2 amide bonds. The molecule has 0 bridgehead atoms. The van der Waals surface area contributed by atoms with Crippen LogP contribution in [-0.2, 0) is 11.3 Å². The molecule has 154 valence electrons. The van der Waals surface area contributed by atoms with E-state index in [0.29, 0.717) is 11.3 Å². The fourth-order valence-corrected chi connectivity index (χ4v) is 2.59. The second kappa shape index (κ2) is 10.0. The fraction of sp³-hybridized carbons (Fsp3) is 0.0909. The highest BCUT2D eigenvalue weighted by atomic mass is 19.3. The van der Waals surface area contributed by atoms with E-state index in [2.05, 4.69) is 15.4 Å². The first-order valence-corrected chi connectivity index (χ1v) is 8.95. The summed E-state index contributed by atoms with van der Waals surface area (Å²) in [6, 6.07) is 16.3. The second-order valence-corrected chi connectivity index (χ2v) is 6.10. The number of rotatable bonds is 8. The van der Waals surface area contributed by atoms with Crippen LogP contribution in [0.3, 0.4) is 0 Å².